The summed E-state index contributed by atoms with van der Waals surface area (Å²) in [4.78, 5) is 1.43. The first kappa shape index (κ1) is 15.6. The van der Waals surface area contributed by atoms with Gasteiger partial charge in [0.05, 0.1) is 0 Å². The van der Waals surface area contributed by atoms with Gasteiger partial charge in [-0.15, -0.1) is 0 Å². The second kappa shape index (κ2) is 6.40. The van der Waals surface area contributed by atoms with Crippen LogP contribution < -0.4 is 24.8 Å². The van der Waals surface area contributed by atoms with Crippen LogP contribution in [0.5, 0.6) is 0 Å². The van der Waals surface area contributed by atoms with E-state index < -0.39 is 0 Å². The van der Waals surface area contributed by atoms with Crippen molar-refractivity contribution in [2.45, 2.75) is 13.8 Å². The number of thiophene rings is 1. The molecule has 0 N–H and O–H groups in total. The molecule has 15 heavy (non-hydrogen) atoms. The van der Waals surface area contributed by atoms with E-state index in [4.69, 9.17) is 0 Å². The SMILES string of the molecule is CC1=CC(c2cccs2)=[C]([Zr+2])C1C.[Cl-].[Cl-]. The number of hydrogen-bond donors (Lipinski definition) is 0. The Balaban J connectivity index is 0.000000980. The maximum Gasteiger partial charge on any atom is -1.00 e. The van der Waals surface area contributed by atoms with Crippen LogP contribution in [-0.4, -0.2) is 0 Å². The molecule has 0 amide bonds. The molecule has 1 aromatic heterocycles. The third-order valence-corrected chi connectivity index (χ3v) is 5.19. The Kier molecular flexibility index (Phi) is 6.67. The first-order valence-electron chi connectivity index (χ1n) is 4.38. The van der Waals surface area contributed by atoms with Crippen LogP contribution in [0, 0.1) is 5.92 Å². The van der Waals surface area contributed by atoms with Crippen molar-refractivity contribution in [3.8, 4) is 0 Å². The van der Waals surface area contributed by atoms with E-state index in [2.05, 4.69) is 37.4 Å². The Hall–Kier alpha value is 0.643. The van der Waals surface area contributed by atoms with Gasteiger partial charge in [0.15, 0.2) is 0 Å². The fourth-order valence-corrected chi connectivity index (χ4v) is 3.57. The van der Waals surface area contributed by atoms with Crippen molar-refractivity contribution in [1.29, 1.82) is 0 Å². The minimum atomic E-state index is 0. The van der Waals surface area contributed by atoms with E-state index in [-0.39, 0.29) is 24.8 Å². The van der Waals surface area contributed by atoms with Crippen LogP contribution in [0.4, 0.5) is 0 Å². The molecule has 79 valence electrons. The van der Waals surface area contributed by atoms with E-state index in [1.807, 2.05) is 11.3 Å². The van der Waals surface area contributed by atoms with Crippen LogP contribution in [0.25, 0.3) is 5.57 Å². The van der Waals surface area contributed by atoms with Gasteiger partial charge in [0.25, 0.3) is 0 Å². The zero-order valence-electron chi connectivity index (χ0n) is 8.55. The zero-order chi connectivity index (χ0) is 9.42. The minimum absolute atomic E-state index is 0. The molecule has 1 aliphatic rings. The van der Waals surface area contributed by atoms with Gasteiger partial charge in [0.1, 0.15) is 0 Å². The average molecular weight is 337 g/mol. The standard InChI is InChI=1S/C11H11S.2ClH.Zr/c1-8-6-10(7-9(8)2)11-4-3-5-12-11;;;/h3-6,9H,1-2H3;2*1H;/q;;;+2/p-2. The Morgan fingerprint density at radius 2 is 2.00 bits per heavy atom. The van der Waals surface area contributed by atoms with Crippen molar-refractivity contribution in [2.75, 3.05) is 0 Å². The smallest absolute Gasteiger partial charge is 1.00 e. The van der Waals surface area contributed by atoms with E-state index in [0.29, 0.717) is 5.92 Å². The molecule has 0 saturated carbocycles. The van der Waals surface area contributed by atoms with Crippen LogP contribution in [0.2, 0.25) is 0 Å². The number of allylic oxidation sites excluding steroid dienone is 4. The summed E-state index contributed by atoms with van der Waals surface area (Å²) in [6.07, 6.45) is 2.35. The Bertz CT molecular complexity index is 379. The fraction of sp³-hybridized carbons (Fsp3) is 0.273. The summed E-state index contributed by atoms with van der Waals surface area (Å²) < 4.78 is 1.60. The molecule has 0 fully saturated rings. The fourth-order valence-electron chi connectivity index (χ4n) is 1.53. The molecule has 0 bridgehead atoms. The molecule has 0 spiro atoms. The van der Waals surface area contributed by atoms with Gasteiger partial charge in [-0.05, 0) is 0 Å². The monoisotopic (exact) mass is 335 g/mol. The summed E-state index contributed by atoms with van der Waals surface area (Å²) in [6, 6.07) is 4.34. The summed E-state index contributed by atoms with van der Waals surface area (Å²) in [5.41, 5.74) is 2.99. The van der Waals surface area contributed by atoms with Gasteiger partial charge in [-0.25, -0.2) is 0 Å². The van der Waals surface area contributed by atoms with Crippen LogP contribution in [-0.2, 0) is 24.7 Å². The van der Waals surface area contributed by atoms with E-state index in [1.165, 1.54) is 16.0 Å². The summed E-state index contributed by atoms with van der Waals surface area (Å²) >= 11 is 3.40. The number of halogens is 2. The van der Waals surface area contributed by atoms with Crippen molar-refractivity contribution in [3.63, 3.8) is 0 Å². The van der Waals surface area contributed by atoms with Gasteiger partial charge >= 0.3 is 98.7 Å². The number of rotatable bonds is 1. The van der Waals surface area contributed by atoms with Crippen LogP contribution in [0.3, 0.4) is 0 Å². The van der Waals surface area contributed by atoms with E-state index in [9.17, 15) is 0 Å². The minimum Gasteiger partial charge on any atom is -1.00 e. The van der Waals surface area contributed by atoms with Gasteiger partial charge in [-0.2, -0.15) is 0 Å². The first-order valence-corrected chi connectivity index (χ1v) is 6.49. The molecule has 1 unspecified atom stereocenters. The summed E-state index contributed by atoms with van der Waals surface area (Å²) in [5, 5.41) is 2.15. The summed E-state index contributed by atoms with van der Waals surface area (Å²) in [5.74, 6) is 0.676. The first-order chi connectivity index (χ1) is 6.20. The third-order valence-electron chi connectivity index (χ3n) is 2.56. The van der Waals surface area contributed by atoms with Crippen molar-refractivity contribution in [3.05, 3.63) is 37.3 Å². The maximum absolute atomic E-state index is 2.35. The molecular weight excluding hydrogens is 326 g/mol. The normalized spacial score (nSPS) is 19.5. The largest absolute Gasteiger partial charge is 1.00 e. The Morgan fingerprint density at radius 1 is 1.33 bits per heavy atom. The van der Waals surface area contributed by atoms with Crippen molar-refractivity contribution in [2.24, 2.45) is 5.92 Å². The predicted octanol–water partition coefficient (Wildman–Crippen LogP) is -2.39. The van der Waals surface area contributed by atoms with Crippen molar-refractivity contribution < 1.29 is 49.5 Å². The molecule has 1 aliphatic carbocycles. The second-order valence-electron chi connectivity index (χ2n) is 3.41. The summed E-state index contributed by atoms with van der Waals surface area (Å²) in [7, 11) is 0. The van der Waals surface area contributed by atoms with E-state index in [0.717, 1.165) is 0 Å². The molecule has 0 nitrogen and oxygen atoms in total. The molecule has 1 heterocycles. The maximum atomic E-state index is 2.35. The zero-order valence-corrected chi connectivity index (χ0v) is 13.3. The second-order valence-corrected chi connectivity index (χ2v) is 5.69. The number of hydrogen-bond acceptors (Lipinski definition) is 1. The molecule has 1 aromatic rings. The molecule has 0 radical (unpaired) electrons. The Labute approximate surface area is 123 Å². The van der Waals surface area contributed by atoms with Gasteiger partial charge in [0.2, 0.25) is 0 Å². The quantitative estimate of drug-likeness (QED) is 0.537. The molecule has 0 saturated heterocycles. The molecule has 0 aliphatic heterocycles. The third kappa shape index (κ3) is 3.06. The van der Waals surface area contributed by atoms with Gasteiger partial charge in [-0.1, -0.05) is 0 Å². The van der Waals surface area contributed by atoms with Gasteiger partial charge < -0.3 is 24.8 Å². The van der Waals surface area contributed by atoms with Crippen LogP contribution >= 0.6 is 11.3 Å². The van der Waals surface area contributed by atoms with Crippen molar-refractivity contribution >= 4 is 16.9 Å². The molecule has 2 rings (SSSR count). The molecule has 0 aromatic carbocycles. The topological polar surface area (TPSA) is 0 Å². The van der Waals surface area contributed by atoms with Crippen LogP contribution in [0.15, 0.2) is 32.4 Å². The average Bonchev–Trinajstić information content (AvgIpc) is 2.70. The van der Waals surface area contributed by atoms with E-state index in [1.54, 1.807) is 28.0 Å². The molecular formula is C11H11Cl2SZr. The molecule has 1 atom stereocenters. The van der Waals surface area contributed by atoms with E-state index >= 15 is 0 Å². The summed E-state index contributed by atoms with van der Waals surface area (Å²) in [6.45, 7) is 4.53. The van der Waals surface area contributed by atoms with Gasteiger partial charge in [0, 0.05) is 0 Å². The predicted molar refractivity (Wildman–Crippen MR) is 54.2 cm³/mol. The Morgan fingerprint density at radius 3 is 2.40 bits per heavy atom. The molecule has 4 heteroatoms. The van der Waals surface area contributed by atoms with Crippen LogP contribution in [0.1, 0.15) is 18.7 Å². The van der Waals surface area contributed by atoms with Crippen molar-refractivity contribution in [1.82, 2.24) is 0 Å². The van der Waals surface area contributed by atoms with Gasteiger partial charge in [-0.3, -0.25) is 0 Å².